The summed E-state index contributed by atoms with van der Waals surface area (Å²) in [5, 5.41) is 10.4. The van der Waals surface area contributed by atoms with E-state index < -0.39 is 0 Å². The maximum Gasteiger partial charge on any atom is 0.277 e. The van der Waals surface area contributed by atoms with Crippen molar-refractivity contribution in [2.24, 2.45) is 0 Å². The number of rotatable bonds is 5. The summed E-state index contributed by atoms with van der Waals surface area (Å²) in [5.41, 5.74) is 3.33. The van der Waals surface area contributed by atoms with E-state index in [9.17, 15) is 4.79 Å². The lowest BCUT2D eigenvalue weighted by atomic mass is 10.0. The molecule has 5 rings (SSSR count). The van der Waals surface area contributed by atoms with Crippen LogP contribution in [0, 0.1) is 0 Å². The summed E-state index contributed by atoms with van der Waals surface area (Å²) < 4.78 is 11.7. The molecule has 1 aliphatic rings. The van der Waals surface area contributed by atoms with Crippen molar-refractivity contribution in [1.29, 1.82) is 0 Å². The summed E-state index contributed by atoms with van der Waals surface area (Å²) in [6.07, 6.45) is 0.0602. The smallest absolute Gasteiger partial charge is 0.277 e. The number of benzene rings is 2. The van der Waals surface area contributed by atoms with Crippen molar-refractivity contribution in [2.45, 2.75) is 31.3 Å². The van der Waals surface area contributed by atoms with Crippen LogP contribution >= 0.6 is 23.4 Å². The Labute approximate surface area is 206 Å². The maximum absolute atomic E-state index is 12.7. The number of morpholine rings is 1. The first-order chi connectivity index (χ1) is 16.5. The number of hydrogen-bond donors (Lipinski definition) is 0. The van der Waals surface area contributed by atoms with Gasteiger partial charge in [0.25, 0.3) is 5.22 Å². The van der Waals surface area contributed by atoms with Gasteiger partial charge in [-0.15, -0.1) is 10.2 Å². The van der Waals surface area contributed by atoms with Crippen LogP contribution in [0.5, 0.6) is 0 Å². The van der Waals surface area contributed by atoms with Gasteiger partial charge in [-0.2, -0.15) is 0 Å². The Hall–Kier alpha value is -2.94. The molecule has 2 atom stereocenters. The number of amides is 1. The van der Waals surface area contributed by atoms with Crippen molar-refractivity contribution >= 4 is 40.2 Å². The fraction of sp³-hybridized carbons (Fsp3) is 0.280. The average molecular weight is 495 g/mol. The quantitative estimate of drug-likeness (QED) is 0.347. The highest BCUT2D eigenvalue weighted by atomic mass is 35.5. The molecule has 3 heterocycles. The first kappa shape index (κ1) is 22.8. The van der Waals surface area contributed by atoms with Crippen molar-refractivity contribution in [2.75, 3.05) is 18.8 Å². The van der Waals surface area contributed by atoms with Crippen LogP contribution < -0.4 is 0 Å². The van der Waals surface area contributed by atoms with E-state index in [4.69, 9.17) is 25.7 Å². The molecule has 1 fully saturated rings. The highest BCUT2D eigenvalue weighted by molar-refractivity contribution is 7.99. The van der Waals surface area contributed by atoms with Crippen molar-refractivity contribution in [3.63, 3.8) is 0 Å². The predicted molar refractivity (Wildman–Crippen MR) is 133 cm³/mol. The summed E-state index contributed by atoms with van der Waals surface area (Å²) in [7, 11) is 0. The van der Waals surface area contributed by atoms with Gasteiger partial charge in [-0.05, 0) is 38.1 Å². The number of ether oxygens (including phenoxy) is 1. The first-order valence-corrected chi connectivity index (χ1v) is 12.4. The third-order valence-corrected chi connectivity index (χ3v) is 6.64. The minimum atomic E-state index is 0.0301. The van der Waals surface area contributed by atoms with Crippen molar-refractivity contribution in [3.8, 4) is 22.7 Å². The molecule has 7 nitrogen and oxygen atoms in total. The molecular formula is C25H23ClN4O3S. The highest BCUT2D eigenvalue weighted by Crippen LogP contribution is 2.33. The number of para-hydroxylation sites is 1. The number of carbonyl (C=O) groups excluding carboxylic acids is 1. The average Bonchev–Trinajstić information content (AvgIpc) is 3.30. The van der Waals surface area contributed by atoms with E-state index >= 15 is 0 Å². The Morgan fingerprint density at radius 3 is 2.59 bits per heavy atom. The second kappa shape index (κ2) is 9.74. The summed E-state index contributed by atoms with van der Waals surface area (Å²) in [6.45, 7) is 5.14. The lowest BCUT2D eigenvalue weighted by molar-refractivity contribution is -0.140. The Bertz CT molecular complexity index is 1320. The molecule has 0 radical (unpaired) electrons. The Kier molecular flexibility index (Phi) is 6.54. The summed E-state index contributed by atoms with van der Waals surface area (Å²) >= 11 is 7.30. The van der Waals surface area contributed by atoms with Gasteiger partial charge >= 0.3 is 0 Å². The summed E-state index contributed by atoms with van der Waals surface area (Å²) in [4.78, 5) is 19.3. The lowest BCUT2D eigenvalue weighted by Gasteiger charge is -2.35. The van der Waals surface area contributed by atoms with Crippen molar-refractivity contribution in [3.05, 3.63) is 59.6 Å². The molecule has 0 unspecified atom stereocenters. The topological polar surface area (TPSA) is 81.4 Å². The normalized spacial score (nSPS) is 18.4. The molecule has 0 N–H and O–H groups in total. The molecule has 1 aliphatic heterocycles. The lowest BCUT2D eigenvalue weighted by Crippen LogP contribution is -2.48. The van der Waals surface area contributed by atoms with Gasteiger partial charge in [0.15, 0.2) is 0 Å². The summed E-state index contributed by atoms with van der Waals surface area (Å²) in [5.74, 6) is 0.650. The van der Waals surface area contributed by atoms with Gasteiger partial charge in [0.05, 0.1) is 34.7 Å². The molecule has 9 heteroatoms. The van der Waals surface area contributed by atoms with Crippen LogP contribution in [0.25, 0.3) is 33.6 Å². The highest BCUT2D eigenvalue weighted by Gasteiger charge is 2.26. The number of carbonyl (C=O) groups is 1. The molecule has 1 amide bonds. The van der Waals surface area contributed by atoms with Crippen molar-refractivity contribution < 1.29 is 13.9 Å². The molecule has 0 bridgehead atoms. The zero-order valence-corrected chi connectivity index (χ0v) is 20.3. The van der Waals surface area contributed by atoms with Crippen LogP contribution in [0.2, 0.25) is 5.02 Å². The van der Waals surface area contributed by atoms with Crippen LogP contribution in [0.4, 0.5) is 0 Å². The summed E-state index contributed by atoms with van der Waals surface area (Å²) in [6, 6.07) is 17.3. The van der Waals surface area contributed by atoms with Gasteiger partial charge in [-0.1, -0.05) is 53.7 Å². The molecule has 34 heavy (non-hydrogen) atoms. The molecule has 174 valence electrons. The SMILES string of the molecule is C[C@@H]1CN(C(=O)CSc2nnc(-c3cc(-c4ccc(Cl)cc4)nc4ccccc34)o2)C[C@@H](C)O1. The molecule has 2 aromatic heterocycles. The van der Waals surface area contributed by atoms with Crippen LogP contribution in [0.3, 0.4) is 0 Å². The molecule has 1 saturated heterocycles. The number of fused-ring (bicyclic) bond motifs is 1. The van der Waals surface area contributed by atoms with Crippen LogP contribution in [0.1, 0.15) is 13.8 Å². The molecule has 4 aromatic rings. The van der Waals surface area contributed by atoms with Gasteiger partial charge in [0.1, 0.15) is 0 Å². The second-order valence-electron chi connectivity index (χ2n) is 8.30. The van der Waals surface area contributed by atoms with Crippen LogP contribution in [0.15, 0.2) is 64.2 Å². The minimum absolute atomic E-state index is 0.0301. The predicted octanol–water partition coefficient (Wildman–Crippen LogP) is 5.33. The molecule has 2 aromatic carbocycles. The first-order valence-electron chi connectivity index (χ1n) is 11.0. The third-order valence-electron chi connectivity index (χ3n) is 5.58. The van der Waals surface area contributed by atoms with Gasteiger partial charge in [0.2, 0.25) is 11.8 Å². The monoisotopic (exact) mass is 494 g/mol. The number of nitrogens with zero attached hydrogens (tertiary/aromatic N) is 4. The van der Waals surface area contributed by atoms with Gasteiger partial charge in [0, 0.05) is 29.1 Å². The van der Waals surface area contributed by atoms with E-state index in [0.717, 1.165) is 27.7 Å². The van der Waals surface area contributed by atoms with E-state index in [2.05, 4.69) is 10.2 Å². The maximum atomic E-state index is 12.7. The molecule has 0 aliphatic carbocycles. The molecular weight excluding hydrogens is 472 g/mol. The molecule has 0 spiro atoms. The van der Waals surface area contributed by atoms with Crippen LogP contribution in [-0.4, -0.2) is 57.0 Å². The fourth-order valence-electron chi connectivity index (χ4n) is 4.09. The largest absolute Gasteiger partial charge is 0.411 e. The van der Waals surface area contributed by atoms with E-state index in [-0.39, 0.29) is 23.9 Å². The third kappa shape index (κ3) is 4.94. The fourth-order valence-corrected chi connectivity index (χ4v) is 4.89. The number of pyridine rings is 1. The van der Waals surface area contributed by atoms with Crippen LogP contribution in [-0.2, 0) is 9.53 Å². The van der Waals surface area contributed by atoms with E-state index in [1.807, 2.05) is 73.3 Å². The van der Waals surface area contributed by atoms with E-state index in [1.165, 1.54) is 11.8 Å². The molecule has 0 saturated carbocycles. The Morgan fingerprint density at radius 1 is 1.09 bits per heavy atom. The van der Waals surface area contributed by atoms with Gasteiger partial charge < -0.3 is 14.1 Å². The van der Waals surface area contributed by atoms with Crippen molar-refractivity contribution in [1.82, 2.24) is 20.1 Å². The van der Waals surface area contributed by atoms with Gasteiger partial charge in [-0.3, -0.25) is 4.79 Å². The number of halogens is 1. The zero-order chi connectivity index (χ0) is 23.7. The number of thioether (sulfide) groups is 1. The van der Waals surface area contributed by atoms with Gasteiger partial charge in [-0.25, -0.2) is 4.98 Å². The zero-order valence-electron chi connectivity index (χ0n) is 18.8. The standard InChI is InChI=1S/C25H23ClN4O3S/c1-15-12-30(13-16(2)32-15)23(31)14-34-25-29-28-24(33-25)20-11-22(17-7-9-18(26)10-8-17)27-21-6-4-3-5-19(20)21/h3-11,15-16H,12-14H2,1-2H3/t15-,16-/m1/s1. The Balaban J connectivity index is 1.39. The number of aromatic nitrogens is 3. The minimum Gasteiger partial charge on any atom is -0.411 e. The number of hydrogen-bond acceptors (Lipinski definition) is 7. The van der Waals surface area contributed by atoms with E-state index in [1.54, 1.807) is 0 Å². The van der Waals surface area contributed by atoms with E-state index in [0.29, 0.717) is 29.2 Å². The Morgan fingerprint density at radius 2 is 1.82 bits per heavy atom. The second-order valence-corrected chi connectivity index (χ2v) is 9.66.